The van der Waals surface area contributed by atoms with Crippen molar-refractivity contribution in [1.29, 1.82) is 0 Å². The van der Waals surface area contributed by atoms with Gasteiger partial charge < -0.3 is 16.2 Å². The summed E-state index contributed by atoms with van der Waals surface area (Å²) < 4.78 is 13.4. The second-order valence-corrected chi connectivity index (χ2v) is 5.50. The van der Waals surface area contributed by atoms with Crippen LogP contribution in [-0.4, -0.2) is 34.5 Å². The molecule has 1 amide bonds. The molecule has 0 saturated heterocycles. The summed E-state index contributed by atoms with van der Waals surface area (Å²) in [5.74, 6) is -1.53. The number of nitrogens with two attached hydrogens (primary N) is 1. The Morgan fingerprint density at radius 3 is 2.80 bits per heavy atom. The summed E-state index contributed by atoms with van der Waals surface area (Å²) >= 11 is 6.83. The highest BCUT2D eigenvalue weighted by Crippen LogP contribution is 2.19. The van der Waals surface area contributed by atoms with E-state index in [0.29, 0.717) is 5.75 Å². The van der Waals surface area contributed by atoms with Gasteiger partial charge in [0.1, 0.15) is 11.9 Å². The molecule has 0 bridgehead atoms. The van der Waals surface area contributed by atoms with E-state index in [1.165, 1.54) is 23.9 Å². The predicted octanol–water partition coefficient (Wildman–Crippen LogP) is 1.95. The number of benzene rings is 1. The van der Waals surface area contributed by atoms with Crippen LogP contribution in [0.3, 0.4) is 0 Å². The number of rotatable bonds is 7. The minimum atomic E-state index is -1.07. The lowest BCUT2D eigenvalue weighted by Crippen LogP contribution is -2.30. The van der Waals surface area contributed by atoms with E-state index in [-0.39, 0.29) is 28.8 Å². The first-order valence-electron chi connectivity index (χ1n) is 5.71. The third-order valence-corrected chi connectivity index (χ3v) is 3.55. The number of carbonyl (C=O) groups excluding carboxylic acids is 1. The van der Waals surface area contributed by atoms with Gasteiger partial charge in [0.15, 0.2) is 0 Å². The number of thioether (sulfide) groups is 1. The third-order valence-electron chi connectivity index (χ3n) is 2.33. The number of aliphatic carboxylic acids is 1. The predicted molar refractivity (Wildman–Crippen MR) is 77.6 cm³/mol. The number of carbonyl (C=O) groups is 2. The Bertz CT molecular complexity index is 502. The fourth-order valence-electron chi connectivity index (χ4n) is 1.28. The van der Waals surface area contributed by atoms with Gasteiger partial charge in [0.05, 0.1) is 11.4 Å². The quantitative estimate of drug-likeness (QED) is 0.668. The zero-order chi connectivity index (χ0) is 15.1. The Morgan fingerprint density at radius 1 is 1.50 bits per heavy atom. The van der Waals surface area contributed by atoms with Crippen LogP contribution >= 0.6 is 23.4 Å². The molecule has 110 valence electrons. The molecule has 20 heavy (non-hydrogen) atoms. The number of carboxylic acid groups (broad SMARTS) is 1. The third kappa shape index (κ3) is 5.77. The van der Waals surface area contributed by atoms with E-state index in [9.17, 15) is 14.0 Å². The fraction of sp³-hybridized carbons (Fsp3) is 0.333. The average molecular weight is 321 g/mol. The standard InChI is InChI=1S/C12H14ClFN2O3S/c13-7-1-2-10(8(14)5-7)16-11(17)6-20-4-3-9(15)12(18)19/h1-2,5,9H,3-4,6,15H2,(H,16,17)(H,18,19). The second kappa shape index (κ2) is 8.08. The molecular weight excluding hydrogens is 307 g/mol. The number of anilines is 1. The smallest absolute Gasteiger partial charge is 0.320 e. The van der Waals surface area contributed by atoms with Gasteiger partial charge in [-0.25, -0.2) is 4.39 Å². The highest BCUT2D eigenvalue weighted by atomic mass is 35.5. The Morgan fingerprint density at radius 2 is 2.20 bits per heavy atom. The van der Waals surface area contributed by atoms with Crippen molar-refractivity contribution in [3.63, 3.8) is 0 Å². The molecule has 1 rings (SSSR count). The summed E-state index contributed by atoms with van der Waals surface area (Å²) in [7, 11) is 0. The molecule has 1 unspecified atom stereocenters. The van der Waals surface area contributed by atoms with Crippen LogP contribution < -0.4 is 11.1 Å². The zero-order valence-electron chi connectivity index (χ0n) is 10.4. The van der Waals surface area contributed by atoms with Crippen molar-refractivity contribution >= 4 is 40.9 Å². The molecule has 0 spiro atoms. The van der Waals surface area contributed by atoms with Crippen molar-refractivity contribution in [2.75, 3.05) is 16.8 Å². The van der Waals surface area contributed by atoms with E-state index in [1.54, 1.807) is 0 Å². The van der Waals surface area contributed by atoms with Crippen LogP contribution in [0.4, 0.5) is 10.1 Å². The van der Waals surface area contributed by atoms with Gasteiger partial charge in [0.25, 0.3) is 0 Å². The van der Waals surface area contributed by atoms with Crippen molar-refractivity contribution in [3.05, 3.63) is 29.0 Å². The summed E-state index contributed by atoms with van der Waals surface area (Å²) in [6.07, 6.45) is 0.266. The van der Waals surface area contributed by atoms with Crippen molar-refractivity contribution < 1.29 is 19.1 Å². The number of hydrogen-bond donors (Lipinski definition) is 3. The van der Waals surface area contributed by atoms with Crippen LogP contribution in [0.25, 0.3) is 0 Å². The van der Waals surface area contributed by atoms with Gasteiger partial charge in [0, 0.05) is 5.02 Å². The lowest BCUT2D eigenvalue weighted by Gasteiger charge is -2.07. The number of nitrogens with one attached hydrogen (secondary N) is 1. The van der Waals surface area contributed by atoms with E-state index in [0.717, 1.165) is 6.07 Å². The van der Waals surface area contributed by atoms with Gasteiger partial charge in [-0.15, -0.1) is 0 Å². The average Bonchev–Trinajstić information content (AvgIpc) is 2.37. The monoisotopic (exact) mass is 320 g/mol. The molecule has 0 radical (unpaired) electrons. The topological polar surface area (TPSA) is 92.4 Å². The number of carboxylic acids is 1. The summed E-state index contributed by atoms with van der Waals surface area (Å²) in [5, 5.41) is 11.2. The largest absolute Gasteiger partial charge is 0.480 e. The van der Waals surface area contributed by atoms with Crippen LogP contribution in [-0.2, 0) is 9.59 Å². The number of hydrogen-bond acceptors (Lipinski definition) is 4. The van der Waals surface area contributed by atoms with E-state index >= 15 is 0 Å². The summed E-state index contributed by atoms with van der Waals surface area (Å²) in [5.41, 5.74) is 5.37. The maximum Gasteiger partial charge on any atom is 0.320 e. The van der Waals surface area contributed by atoms with Crippen LogP contribution in [0.15, 0.2) is 18.2 Å². The molecule has 0 aliphatic carbocycles. The molecule has 0 saturated carbocycles. The first kappa shape index (κ1) is 16.7. The fourth-order valence-corrected chi connectivity index (χ4v) is 2.26. The van der Waals surface area contributed by atoms with Gasteiger partial charge in [-0.2, -0.15) is 11.8 Å². The molecule has 5 nitrogen and oxygen atoms in total. The van der Waals surface area contributed by atoms with Crippen LogP contribution in [0.2, 0.25) is 5.02 Å². The van der Waals surface area contributed by atoms with Crippen LogP contribution in [0.5, 0.6) is 0 Å². The number of halogens is 2. The van der Waals surface area contributed by atoms with Crippen LogP contribution in [0.1, 0.15) is 6.42 Å². The van der Waals surface area contributed by atoms with Gasteiger partial charge in [0.2, 0.25) is 5.91 Å². The molecule has 1 atom stereocenters. The molecule has 8 heteroatoms. The first-order valence-corrected chi connectivity index (χ1v) is 7.24. The maximum atomic E-state index is 13.4. The van der Waals surface area contributed by atoms with E-state index in [2.05, 4.69) is 5.32 Å². The molecule has 0 heterocycles. The Balaban J connectivity index is 2.32. The van der Waals surface area contributed by atoms with Crippen molar-refractivity contribution in [2.45, 2.75) is 12.5 Å². The summed E-state index contributed by atoms with van der Waals surface area (Å²) in [6.45, 7) is 0. The normalized spacial score (nSPS) is 11.9. The van der Waals surface area contributed by atoms with Crippen molar-refractivity contribution in [3.8, 4) is 0 Å². The van der Waals surface area contributed by atoms with E-state index in [4.69, 9.17) is 22.4 Å². The van der Waals surface area contributed by atoms with Crippen LogP contribution in [0, 0.1) is 5.82 Å². The van der Waals surface area contributed by atoms with E-state index < -0.39 is 17.8 Å². The van der Waals surface area contributed by atoms with Gasteiger partial charge in [-0.1, -0.05) is 11.6 Å². The first-order chi connectivity index (χ1) is 9.40. The summed E-state index contributed by atoms with van der Waals surface area (Å²) in [6, 6.07) is 3.02. The zero-order valence-corrected chi connectivity index (χ0v) is 12.0. The van der Waals surface area contributed by atoms with Crippen molar-refractivity contribution in [1.82, 2.24) is 0 Å². The lowest BCUT2D eigenvalue weighted by atomic mass is 10.2. The molecule has 0 aromatic heterocycles. The van der Waals surface area contributed by atoms with Gasteiger partial charge in [-0.05, 0) is 30.4 Å². The highest BCUT2D eigenvalue weighted by molar-refractivity contribution is 7.99. The lowest BCUT2D eigenvalue weighted by molar-refractivity contribution is -0.138. The SMILES string of the molecule is NC(CCSCC(=O)Nc1ccc(Cl)cc1F)C(=O)O. The Hall–Kier alpha value is -1.31. The minimum absolute atomic E-state index is 0.0576. The minimum Gasteiger partial charge on any atom is -0.480 e. The molecule has 1 aromatic rings. The molecule has 0 fully saturated rings. The van der Waals surface area contributed by atoms with Gasteiger partial charge in [-0.3, -0.25) is 9.59 Å². The summed E-state index contributed by atoms with van der Waals surface area (Å²) in [4.78, 5) is 22.0. The molecule has 1 aromatic carbocycles. The Labute approximate surface area is 124 Å². The number of amides is 1. The molecule has 0 aliphatic rings. The Kier molecular flexibility index (Phi) is 6.77. The molecule has 4 N–H and O–H groups in total. The van der Waals surface area contributed by atoms with Crippen molar-refractivity contribution in [2.24, 2.45) is 5.73 Å². The maximum absolute atomic E-state index is 13.4. The molecular formula is C12H14ClFN2O3S. The highest BCUT2D eigenvalue weighted by Gasteiger charge is 2.12. The molecule has 0 aliphatic heterocycles. The second-order valence-electron chi connectivity index (χ2n) is 3.96. The van der Waals surface area contributed by atoms with Gasteiger partial charge >= 0.3 is 5.97 Å². The van der Waals surface area contributed by atoms with E-state index in [1.807, 2.05) is 0 Å².